The standard InChI is InChI=1S/C11H10N2O2S/c1-8(14)13-11(15)16-7-10(12-13)9-5-3-2-4-6-9/h2-6H,7H2,1H3. The Morgan fingerprint density at radius 1 is 1.38 bits per heavy atom. The van der Waals surface area contributed by atoms with E-state index in [1.165, 1.54) is 6.92 Å². The molecular weight excluding hydrogens is 224 g/mol. The SMILES string of the molecule is CC(=O)N1N=C(c2ccccc2)CSC1=O. The van der Waals surface area contributed by atoms with E-state index in [2.05, 4.69) is 5.10 Å². The molecule has 0 atom stereocenters. The molecule has 82 valence electrons. The van der Waals surface area contributed by atoms with Crippen LogP contribution in [0.25, 0.3) is 0 Å². The van der Waals surface area contributed by atoms with Crippen LogP contribution in [-0.4, -0.2) is 27.6 Å². The number of carbonyl (C=O) groups excluding carboxylic acids is 2. The number of nitrogens with zero attached hydrogens (tertiary/aromatic N) is 2. The Morgan fingerprint density at radius 3 is 2.69 bits per heavy atom. The van der Waals surface area contributed by atoms with E-state index in [-0.39, 0.29) is 11.1 Å². The van der Waals surface area contributed by atoms with Crippen LogP contribution in [0.15, 0.2) is 35.4 Å². The van der Waals surface area contributed by atoms with Gasteiger partial charge in [0.25, 0.3) is 0 Å². The normalized spacial score (nSPS) is 15.9. The minimum absolute atomic E-state index is 0.313. The molecule has 0 N–H and O–H groups in total. The van der Waals surface area contributed by atoms with E-state index in [0.29, 0.717) is 5.75 Å². The largest absolute Gasteiger partial charge is 0.309 e. The van der Waals surface area contributed by atoms with Crippen LogP contribution in [0.3, 0.4) is 0 Å². The maximum Gasteiger partial charge on any atom is 0.309 e. The maximum atomic E-state index is 11.4. The predicted octanol–water partition coefficient (Wildman–Crippen LogP) is 2.11. The first-order chi connectivity index (χ1) is 7.68. The summed E-state index contributed by atoms with van der Waals surface area (Å²) < 4.78 is 0. The van der Waals surface area contributed by atoms with Crippen molar-refractivity contribution in [3.8, 4) is 0 Å². The number of benzene rings is 1. The van der Waals surface area contributed by atoms with Crippen molar-refractivity contribution in [1.82, 2.24) is 5.01 Å². The van der Waals surface area contributed by atoms with E-state index in [1.807, 2.05) is 30.3 Å². The summed E-state index contributed by atoms with van der Waals surface area (Å²) in [5.74, 6) is 0.151. The van der Waals surface area contributed by atoms with Crippen LogP contribution >= 0.6 is 11.8 Å². The fourth-order valence-corrected chi connectivity index (χ4v) is 2.13. The van der Waals surface area contributed by atoms with Crippen LogP contribution < -0.4 is 0 Å². The molecule has 0 spiro atoms. The molecule has 0 saturated carbocycles. The van der Waals surface area contributed by atoms with Crippen molar-refractivity contribution >= 4 is 28.6 Å². The van der Waals surface area contributed by atoms with Gasteiger partial charge in [-0.25, -0.2) is 0 Å². The second kappa shape index (κ2) is 4.49. The second-order valence-corrected chi connectivity index (χ2v) is 4.22. The van der Waals surface area contributed by atoms with Crippen LogP contribution in [0.1, 0.15) is 12.5 Å². The van der Waals surface area contributed by atoms with E-state index in [0.717, 1.165) is 28.0 Å². The summed E-state index contributed by atoms with van der Waals surface area (Å²) in [5.41, 5.74) is 1.69. The first-order valence-corrected chi connectivity index (χ1v) is 5.77. The Kier molecular flexibility index (Phi) is 3.05. The number of hydrogen-bond acceptors (Lipinski definition) is 4. The first kappa shape index (κ1) is 10.9. The molecule has 16 heavy (non-hydrogen) atoms. The molecule has 5 heteroatoms. The van der Waals surface area contributed by atoms with Gasteiger partial charge in [-0.2, -0.15) is 10.1 Å². The molecule has 0 aliphatic carbocycles. The first-order valence-electron chi connectivity index (χ1n) is 4.79. The lowest BCUT2D eigenvalue weighted by molar-refractivity contribution is -0.125. The third-order valence-corrected chi connectivity index (χ3v) is 2.97. The molecule has 1 heterocycles. The third-order valence-electron chi connectivity index (χ3n) is 2.13. The Morgan fingerprint density at radius 2 is 2.06 bits per heavy atom. The van der Waals surface area contributed by atoms with Gasteiger partial charge >= 0.3 is 5.24 Å². The number of hydrazone groups is 1. The molecule has 0 aromatic heterocycles. The number of carbonyl (C=O) groups is 2. The molecule has 1 aliphatic heterocycles. The molecule has 1 aromatic carbocycles. The minimum atomic E-state index is -0.356. The fourth-order valence-electron chi connectivity index (χ4n) is 1.35. The molecule has 0 unspecified atom stereocenters. The molecule has 1 aliphatic rings. The minimum Gasteiger partial charge on any atom is -0.273 e. The predicted molar refractivity (Wildman–Crippen MR) is 63.4 cm³/mol. The van der Waals surface area contributed by atoms with Gasteiger partial charge in [0.2, 0.25) is 5.91 Å². The summed E-state index contributed by atoms with van der Waals surface area (Å²) >= 11 is 1.09. The molecule has 1 aromatic rings. The zero-order chi connectivity index (χ0) is 11.5. The highest BCUT2D eigenvalue weighted by atomic mass is 32.2. The van der Waals surface area contributed by atoms with Crippen molar-refractivity contribution in [2.24, 2.45) is 5.10 Å². The monoisotopic (exact) mass is 234 g/mol. The summed E-state index contributed by atoms with van der Waals surface area (Å²) in [6.45, 7) is 1.33. The van der Waals surface area contributed by atoms with Gasteiger partial charge in [-0.15, -0.1) is 0 Å². The Bertz CT molecular complexity index is 456. The molecule has 0 bridgehead atoms. The average molecular weight is 234 g/mol. The Hall–Kier alpha value is -1.62. The van der Waals surface area contributed by atoms with Crippen LogP contribution in [0.5, 0.6) is 0 Å². The van der Waals surface area contributed by atoms with E-state index in [9.17, 15) is 9.59 Å². The number of imide groups is 1. The third kappa shape index (κ3) is 2.14. The quantitative estimate of drug-likeness (QED) is 0.747. The summed E-state index contributed by atoms with van der Waals surface area (Å²) in [6.07, 6.45) is 0. The summed E-state index contributed by atoms with van der Waals surface area (Å²) in [4.78, 5) is 22.5. The lowest BCUT2D eigenvalue weighted by atomic mass is 10.1. The zero-order valence-electron chi connectivity index (χ0n) is 8.71. The molecule has 2 amide bonds. The maximum absolute atomic E-state index is 11.4. The van der Waals surface area contributed by atoms with Crippen molar-refractivity contribution in [3.63, 3.8) is 0 Å². The van der Waals surface area contributed by atoms with Crippen molar-refractivity contribution in [1.29, 1.82) is 0 Å². The molecule has 0 radical (unpaired) electrons. The fraction of sp³-hybridized carbons (Fsp3) is 0.182. The van der Waals surface area contributed by atoms with Gasteiger partial charge in [0.1, 0.15) is 0 Å². The van der Waals surface area contributed by atoms with Gasteiger partial charge in [0.05, 0.1) is 5.71 Å². The topological polar surface area (TPSA) is 49.7 Å². The van der Waals surface area contributed by atoms with E-state index < -0.39 is 0 Å². The summed E-state index contributed by atoms with van der Waals surface area (Å²) in [6, 6.07) is 9.53. The van der Waals surface area contributed by atoms with Gasteiger partial charge in [-0.05, 0) is 5.56 Å². The number of rotatable bonds is 1. The van der Waals surface area contributed by atoms with E-state index >= 15 is 0 Å². The van der Waals surface area contributed by atoms with Gasteiger partial charge in [0, 0.05) is 12.7 Å². The van der Waals surface area contributed by atoms with Crippen LogP contribution in [-0.2, 0) is 4.79 Å². The molecule has 4 nitrogen and oxygen atoms in total. The number of amides is 2. The van der Waals surface area contributed by atoms with E-state index in [1.54, 1.807) is 0 Å². The highest BCUT2D eigenvalue weighted by Crippen LogP contribution is 2.19. The second-order valence-electron chi connectivity index (χ2n) is 3.30. The zero-order valence-corrected chi connectivity index (χ0v) is 9.53. The lowest BCUT2D eigenvalue weighted by Crippen LogP contribution is -2.33. The number of thioether (sulfide) groups is 1. The molecule has 2 rings (SSSR count). The summed E-state index contributed by atoms with van der Waals surface area (Å²) in [5, 5.41) is 4.66. The highest BCUT2D eigenvalue weighted by molar-refractivity contribution is 8.14. The number of hydrogen-bond donors (Lipinski definition) is 0. The van der Waals surface area contributed by atoms with Gasteiger partial charge in [-0.1, -0.05) is 42.1 Å². The Labute approximate surface area is 97.3 Å². The van der Waals surface area contributed by atoms with Gasteiger partial charge in [0.15, 0.2) is 0 Å². The average Bonchev–Trinajstić information content (AvgIpc) is 2.30. The van der Waals surface area contributed by atoms with E-state index in [4.69, 9.17) is 0 Å². The summed E-state index contributed by atoms with van der Waals surface area (Å²) in [7, 11) is 0. The molecular formula is C11H10N2O2S. The smallest absolute Gasteiger partial charge is 0.273 e. The Balaban J connectivity index is 2.33. The van der Waals surface area contributed by atoms with Crippen LogP contribution in [0.4, 0.5) is 4.79 Å². The van der Waals surface area contributed by atoms with Crippen molar-refractivity contribution in [2.75, 3.05) is 5.75 Å². The lowest BCUT2D eigenvalue weighted by Gasteiger charge is -2.19. The van der Waals surface area contributed by atoms with Gasteiger partial charge < -0.3 is 0 Å². The highest BCUT2D eigenvalue weighted by Gasteiger charge is 2.24. The van der Waals surface area contributed by atoms with Gasteiger partial charge in [-0.3, -0.25) is 9.59 Å². The van der Waals surface area contributed by atoms with Crippen LogP contribution in [0, 0.1) is 0 Å². The van der Waals surface area contributed by atoms with Crippen molar-refractivity contribution < 1.29 is 9.59 Å². The molecule has 0 fully saturated rings. The molecule has 0 saturated heterocycles. The van der Waals surface area contributed by atoms with Crippen molar-refractivity contribution in [2.45, 2.75) is 6.92 Å². The van der Waals surface area contributed by atoms with Crippen molar-refractivity contribution in [3.05, 3.63) is 35.9 Å². The van der Waals surface area contributed by atoms with Crippen LogP contribution in [0.2, 0.25) is 0 Å².